The second kappa shape index (κ2) is 11.3. The summed E-state index contributed by atoms with van der Waals surface area (Å²) in [5, 5.41) is 13.3. The lowest BCUT2D eigenvalue weighted by atomic mass is 9.94. The van der Waals surface area contributed by atoms with E-state index in [9.17, 15) is 9.90 Å². The number of carboxylic acid groups (broad SMARTS) is 1. The number of aromatic carboxylic acids is 1. The maximum atomic E-state index is 11.6. The Hall–Kier alpha value is -4.22. The Bertz CT molecular complexity index is 1530. The number of carboxylic acids is 1. The quantitative estimate of drug-likeness (QED) is 0.221. The Kier molecular flexibility index (Phi) is 7.24. The zero-order chi connectivity index (χ0) is 26.6. The average Bonchev–Trinajstić information content (AvgIpc) is 3.38. The molecule has 1 aliphatic carbocycles. The molecule has 0 saturated heterocycles. The van der Waals surface area contributed by atoms with E-state index in [1.165, 1.54) is 36.0 Å². The lowest BCUT2D eigenvalue weighted by Gasteiger charge is -2.26. The fourth-order valence-electron chi connectivity index (χ4n) is 5.90. The molecule has 1 heterocycles. The number of rotatable bonds is 8. The molecular formula is C34H33N3O2. The molecule has 2 N–H and O–H groups in total. The van der Waals surface area contributed by atoms with Gasteiger partial charge >= 0.3 is 5.97 Å². The van der Waals surface area contributed by atoms with Gasteiger partial charge < -0.3 is 15.0 Å². The lowest BCUT2D eigenvalue weighted by Crippen LogP contribution is -2.22. The summed E-state index contributed by atoms with van der Waals surface area (Å²) in [4.78, 5) is 16.7. The van der Waals surface area contributed by atoms with Crippen LogP contribution in [0.4, 0.5) is 0 Å². The van der Waals surface area contributed by atoms with Gasteiger partial charge in [-0.1, -0.05) is 98.1 Å². The molecule has 0 bridgehead atoms. The highest BCUT2D eigenvalue weighted by Crippen LogP contribution is 2.36. The van der Waals surface area contributed by atoms with Crippen LogP contribution in [-0.2, 0) is 6.54 Å². The first-order valence-electron chi connectivity index (χ1n) is 13.9. The van der Waals surface area contributed by atoms with Crippen molar-refractivity contribution in [2.24, 2.45) is 0 Å². The van der Waals surface area contributed by atoms with Crippen LogP contribution in [0, 0.1) is 0 Å². The van der Waals surface area contributed by atoms with Gasteiger partial charge in [-0.3, -0.25) is 0 Å². The summed E-state index contributed by atoms with van der Waals surface area (Å²) < 4.78 is 2.36. The van der Waals surface area contributed by atoms with E-state index in [1.54, 1.807) is 12.1 Å². The number of carbonyl (C=O) groups is 1. The molecular weight excluding hydrogens is 482 g/mol. The molecule has 1 aliphatic rings. The minimum absolute atomic E-state index is 0.0808. The number of hydrogen-bond donors (Lipinski definition) is 2. The van der Waals surface area contributed by atoms with Crippen molar-refractivity contribution in [1.29, 1.82) is 0 Å². The van der Waals surface area contributed by atoms with Gasteiger partial charge in [-0.25, -0.2) is 9.78 Å². The number of nitrogens with zero attached hydrogens (tertiary/aromatic N) is 2. The van der Waals surface area contributed by atoms with Crippen LogP contribution in [0.2, 0.25) is 0 Å². The molecule has 0 unspecified atom stereocenters. The molecule has 5 aromatic rings. The number of aromatic nitrogens is 2. The van der Waals surface area contributed by atoms with Crippen molar-refractivity contribution < 1.29 is 9.90 Å². The molecule has 0 amide bonds. The van der Waals surface area contributed by atoms with Gasteiger partial charge in [-0.2, -0.15) is 0 Å². The highest BCUT2D eigenvalue weighted by Gasteiger charge is 2.23. The van der Waals surface area contributed by atoms with Gasteiger partial charge in [0.1, 0.15) is 5.82 Å². The van der Waals surface area contributed by atoms with E-state index < -0.39 is 5.97 Å². The molecule has 0 spiro atoms. The fourth-order valence-corrected chi connectivity index (χ4v) is 5.90. The van der Waals surface area contributed by atoms with Crippen LogP contribution in [0.3, 0.4) is 0 Å². The summed E-state index contributed by atoms with van der Waals surface area (Å²) in [6.45, 7) is 0.703. The van der Waals surface area contributed by atoms with E-state index >= 15 is 0 Å². The number of imidazole rings is 1. The first-order valence-corrected chi connectivity index (χ1v) is 13.9. The minimum Gasteiger partial charge on any atom is -0.478 e. The van der Waals surface area contributed by atoms with Gasteiger partial charge in [0, 0.05) is 18.2 Å². The van der Waals surface area contributed by atoms with Crippen molar-refractivity contribution in [1.82, 2.24) is 14.9 Å². The van der Waals surface area contributed by atoms with Crippen molar-refractivity contribution in [3.63, 3.8) is 0 Å². The maximum absolute atomic E-state index is 11.6. The van der Waals surface area contributed by atoms with Crippen molar-refractivity contribution in [2.45, 2.75) is 50.7 Å². The minimum atomic E-state index is -0.926. The second-order valence-corrected chi connectivity index (χ2v) is 10.4. The van der Waals surface area contributed by atoms with Crippen molar-refractivity contribution in [2.75, 3.05) is 0 Å². The van der Waals surface area contributed by atoms with Gasteiger partial charge in [0.15, 0.2) is 0 Å². The Labute approximate surface area is 229 Å². The monoisotopic (exact) mass is 515 g/mol. The molecule has 6 rings (SSSR count). The Balaban J connectivity index is 1.34. The summed E-state index contributed by atoms with van der Waals surface area (Å²) in [6.07, 6.45) is 5.93. The molecule has 4 aromatic carbocycles. The molecule has 39 heavy (non-hydrogen) atoms. The number of fused-ring (bicyclic) bond motifs is 1. The molecule has 1 saturated carbocycles. The van der Waals surface area contributed by atoms with Crippen molar-refractivity contribution in [3.05, 3.63) is 125 Å². The standard InChI is InChI=1S/C34H33N3O2/c38-34(39)28-19-20-31-30(22-28)36-33(37(31)29-17-8-3-9-18-29)27-16-10-11-24(21-27)23-35-32(25-12-4-1-5-13-25)26-14-6-2-7-15-26/h1-2,4-7,10-16,19-22,29,32,35H,3,8-9,17-18,23H2,(H,38,39). The highest BCUT2D eigenvalue weighted by molar-refractivity contribution is 5.93. The zero-order valence-electron chi connectivity index (χ0n) is 22.0. The Morgan fingerprint density at radius 1 is 0.846 bits per heavy atom. The topological polar surface area (TPSA) is 67.2 Å². The first-order chi connectivity index (χ1) is 19.2. The largest absolute Gasteiger partial charge is 0.478 e. The van der Waals surface area contributed by atoms with E-state index in [-0.39, 0.29) is 11.6 Å². The predicted molar refractivity (Wildman–Crippen MR) is 156 cm³/mol. The highest BCUT2D eigenvalue weighted by atomic mass is 16.4. The SMILES string of the molecule is O=C(O)c1ccc2c(c1)nc(-c1cccc(CNC(c3ccccc3)c3ccccc3)c1)n2C1CCCCC1. The third-order valence-electron chi connectivity index (χ3n) is 7.84. The van der Waals surface area contributed by atoms with Crippen LogP contribution >= 0.6 is 0 Å². The van der Waals surface area contributed by atoms with Crippen LogP contribution < -0.4 is 5.32 Å². The van der Waals surface area contributed by atoms with E-state index in [0.717, 1.165) is 35.3 Å². The van der Waals surface area contributed by atoms with Crippen LogP contribution in [0.1, 0.15) is 71.2 Å². The predicted octanol–water partition coefficient (Wildman–Crippen LogP) is 7.79. The van der Waals surface area contributed by atoms with Crippen LogP contribution in [0.15, 0.2) is 103 Å². The summed E-state index contributed by atoms with van der Waals surface area (Å²) in [6, 6.07) is 35.5. The van der Waals surface area contributed by atoms with E-state index in [2.05, 4.69) is 82.7 Å². The normalized spacial score (nSPS) is 14.2. The Morgan fingerprint density at radius 3 is 2.21 bits per heavy atom. The van der Waals surface area contributed by atoms with Gasteiger partial charge in [-0.15, -0.1) is 0 Å². The van der Waals surface area contributed by atoms with E-state index in [0.29, 0.717) is 12.6 Å². The van der Waals surface area contributed by atoms with E-state index in [1.807, 2.05) is 18.2 Å². The third kappa shape index (κ3) is 5.36. The smallest absolute Gasteiger partial charge is 0.335 e. The van der Waals surface area contributed by atoms with Gasteiger partial charge in [0.2, 0.25) is 0 Å². The van der Waals surface area contributed by atoms with Crippen LogP contribution in [0.25, 0.3) is 22.4 Å². The van der Waals surface area contributed by atoms with Crippen LogP contribution in [0.5, 0.6) is 0 Å². The van der Waals surface area contributed by atoms with Gasteiger partial charge in [0.05, 0.1) is 22.6 Å². The molecule has 1 aromatic heterocycles. The zero-order valence-corrected chi connectivity index (χ0v) is 22.0. The maximum Gasteiger partial charge on any atom is 0.335 e. The summed E-state index contributed by atoms with van der Waals surface area (Å²) in [7, 11) is 0. The van der Waals surface area contributed by atoms with Crippen LogP contribution in [-0.4, -0.2) is 20.6 Å². The van der Waals surface area contributed by atoms with E-state index in [4.69, 9.17) is 4.98 Å². The number of hydrogen-bond acceptors (Lipinski definition) is 3. The molecule has 196 valence electrons. The molecule has 0 radical (unpaired) electrons. The Morgan fingerprint density at radius 2 is 1.54 bits per heavy atom. The van der Waals surface area contributed by atoms with Crippen molar-refractivity contribution in [3.8, 4) is 11.4 Å². The molecule has 5 nitrogen and oxygen atoms in total. The summed E-state index contributed by atoms with van der Waals surface area (Å²) in [5.41, 5.74) is 6.72. The summed E-state index contributed by atoms with van der Waals surface area (Å²) in [5.74, 6) is -0.00548. The number of nitrogens with one attached hydrogen (secondary N) is 1. The lowest BCUT2D eigenvalue weighted by molar-refractivity contribution is 0.0697. The summed E-state index contributed by atoms with van der Waals surface area (Å²) >= 11 is 0. The van der Waals surface area contributed by atoms with Crippen molar-refractivity contribution >= 4 is 17.0 Å². The first kappa shape index (κ1) is 25.1. The average molecular weight is 516 g/mol. The molecule has 5 heteroatoms. The second-order valence-electron chi connectivity index (χ2n) is 10.4. The van der Waals surface area contributed by atoms with Gasteiger partial charge in [-0.05, 0) is 53.8 Å². The molecule has 0 atom stereocenters. The molecule has 0 aliphatic heterocycles. The van der Waals surface area contributed by atoms with Gasteiger partial charge in [0.25, 0.3) is 0 Å². The number of benzene rings is 4. The fraction of sp³-hybridized carbons (Fsp3) is 0.235. The third-order valence-corrected chi connectivity index (χ3v) is 7.84. The molecule has 1 fully saturated rings.